The van der Waals surface area contributed by atoms with Crippen LogP contribution in [-0.4, -0.2) is 34.4 Å². The summed E-state index contributed by atoms with van der Waals surface area (Å²) in [6.07, 6.45) is 0.705. The van der Waals surface area contributed by atoms with Gasteiger partial charge in [0.15, 0.2) is 5.13 Å². The number of piperidine rings is 1. The van der Waals surface area contributed by atoms with Crippen molar-refractivity contribution in [1.29, 1.82) is 0 Å². The Hall–Kier alpha value is -1.96. The van der Waals surface area contributed by atoms with Crippen molar-refractivity contribution in [1.82, 2.24) is 10.3 Å². The Labute approximate surface area is 113 Å². The minimum atomic E-state index is -0.960. The standard InChI is InChI=1S/C11H13N3O4S/c15-8-2-1-6(4-12-8)10(18)14-11-13-7(5-19-11)3-9(16)17/h5-6H,1-4H2,(H,12,15)(H,16,17)(H,13,14,18). The van der Waals surface area contributed by atoms with Crippen molar-refractivity contribution >= 4 is 34.3 Å². The van der Waals surface area contributed by atoms with Crippen LogP contribution in [0, 0.1) is 5.92 Å². The lowest BCUT2D eigenvalue weighted by Gasteiger charge is -2.20. The lowest BCUT2D eigenvalue weighted by Crippen LogP contribution is -2.40. The highest BCUT2D eigenvalue weighted by molar-refractivity contribution is 7.13. The van der Waals surface area contributed by atoms with Gasteiger partial charge in [-0.05, 0) is 6.42 Å². The lowest BCUT2D eigenvalue weighted by atomic mass is 9.98. The van der Waals surface area contributed by atoms with Crippen LogP contribution in [0.5, 0.6) is 0 Å². The number of aliphatic carboxylic acids is 1. The van der Waals surface area contributed by atoms with E-state index in [4.69, 9.17) is 5.11 Å². The van der Waals surface area contributed by atoms with Gasteiger partial charge in [0.25, 0.3) is 0 Å². The Morgan fingerprint density at radius 1 is 1.58 bits per heavy atom. The second-order valence-corrected chi connectivity index (χ2v) is 5.10. The van der Waals surface area contributed by atoms with E-state index in [2.05, 4.69) is 15.6 Å². The fourth-order valence-corrected chi connectivity index (χ4v) is 2.48. The van der Waals surface area contributed by atoms with Gasteiger partial charge in [-0.25, -0.2) is 4.98 Å². The SMILES string of the molecule is O=C(O)Cc1csc(NC(=O)C2CCC(=O)NC2)n1. The summed E-state index contributed by atoms with van der Waals surface area (Å²) in [5, 5.41) is 15.9. The van der Waals surface area contributed by atoms with E-state index in [-0.39, 0.29) is 24.2 Å². The Bertz CT molecular complexity index is 504. The van der Waals surface area contributed by atoms with Gasteiger partial charge in [-0.15, -0.1) is 11.3 Å². The molecule has 102 valence electrons. The average molecular weight is 283 g/mol. The number of nitrogens with one attached hydrogen (secondary N) is 2. The van der Waals surface area contributed by atoms with Gasteiger partial charge in [-0.1, -0.05) is 0 Å². The highest BCUT2D eigenvalue weighted by Gasteiger charge is 2.25. The van der Waals surface area contributed by atoms with Crippen LogP contribution in [0.15, 0.2) is 5.38 Å². The van der Waals surface area contributed by atoms with Crippen LogP contribution >= 0.6 is 11.3 Å². The molecule has 1 atom stereocenters. The molecule has 7 nitrogen and oxygen atoms in total. The molecule has 2 amide bonds. The van der Waals surface area contributed by atoms with Gasteiger partial charge < -0.3 is 15.7 Å². The maximum absolute atomic E-state index is 11.9. The molecule has 8 heteroatoms. The lowest BCUT2D eigenvalue weighted by molar-refractivity contribution is -0.136. The molecule has 1 aliphatic rings. The maximum atomic E-state index is 11.9. The van der Waals surface area contributed by atoms with Crippen molar-refractivity contribution in [3.05, 3.63) is 11.1 Å². The molecule has 1 saturated heterocycles. The van der Waals surface area contributed by atoms with Gasteiger partial charge >= 0.3 is 5.97 Å². The predicted molar refractivity (Wildman–Crippen MR) is 67.8 cm³/mol. The van der Waals surface area contributed by atoms with Gasteiger partial charge in [0, 0.05) is 18.3 Å². The normalized spacial score (nSPS) is 18.7. The predicted octanol–water partition coefficient (Wildman–Crippen LogP) is 0.235. The zero-order chi connectivity index (χ0) is 13.8. The molecule has 0 aliphatic carbocycles. The summed E-state index contributed by atoms with van der Waals surface area (Å²) in [5.41, 5.74) is 0.421. The van der Waals surface area contributed by atoms with Crippen molar-refractivity contribution in [2.45, 2.75) is 19.3 Å². The number of anilines is 1. The third kappa shape index (κ3) is 3.75. The first kappa shape index (κ1) is 13.5. The molecule has 1 aromatic heterocycles. The Morgan fingerprint density at radius 2 is 2.37 bits per heavy atom. The minimum Gasteiger partial charge on any atom is -0.481 e. The van der Waals surface area contributed by atoms with E-state index in [1.807, 2.05) is 0 Å². The highest BCUT2D eigenvalue weighted by Crippen LogP contribution is 2.18. The van der Waals surface area contributed by atoms with Gasteiger partial charge in [0.05, 0.1) is 18.0 Å². The third-order valence-electron chi connectivity index (χ3n) is 2.75. The molecule has 2 rings (SSSR count). The molecule has 0 aromatic carbocycles. The number of nitrogens with zero attached hydrogens (tertiary/aromatic N) is 1. The fraction of sp³-hybridized carbons (Fsp3) is 0.455. The van der Waals surface area contributed by atoms with Gasteiger partial charge in [-0.3, -0.25) is 14.4 Å². The zero-order valence-electron chi connectivity index (χ0n) is 10.0. The second-order valence-electron chi connectivity index (χ2n) is 4.24. The number of hydrogen-bond donors (Lipinski definition) is 3. The van der Waals surface area contributed by atoms with Crippen LogP contribution in [0.2, 0.25) is 0 Å². The van der Waals surface area contributed by atoms with E-state index >= 15 is 0 Å². The highest BCUT2D eigenvalue weighted by atomic mass is 32.1. The second kappa shape index (κ2) is 5.79. The maximum Gasteiger partial charge on any atom is 0.309 e. The quantitative estimate of drug-likeness (QED) is 0.733. The number of carbonyl (C=O) groups is 3. The fourth-order valence-electron chi connectivity index (χ4n) is 1.76. The van der Waals surface area contributed by atoms with Crippen molar-refractivity contribution in [2.75, 3.05) is 11.9 Å². The number of hydrogen-bond acceptors (Lipinski definition) is 5. The monoisotopic (exact) mass is 283 g/mol. The van der Waals surface area contributed by atoms with E-state index in [9.17, 15) is 14.4 Å². The number of aromatic nitrogens is 1. The largest absolute Gasteiger partial charge is 0.481 e. The average Bonchev–Trinajstić information content (AvgIpc) is 2.76. The van der Waals surface area contributed by atoms with Crippen molar-refractivity contribution < 1.29 is 19.5 Å². The molecule has 0 bridgehead atoms. The van der Waals surface area contributed by atoms with E-state index < -0.39 is 5.97 Å². The Morgan fingerprint density at radius 3 is 3.00 bits per heavy atom. The summed E-state index contributed by atoms with van der Waals surface area (Å²) < 4.78 is 0. The van der Waals surface area contributed by atoms with Crippen LogP contribution in [0.4, 0.5) is 5.13 Å². The molecule has 0 saturated carbocycles. The van der Waals surface area contributed by atoms with Crippen molar-refractivity contribution in [2.24, 2.45) is 5.92 Å². The first-order valence-corrected chi connectivity index (χ1v) is 6.66. The zero-order valence-corrected chi connectivity index (χ0v) is 10.8. The van der Waals surface area contributed by atoms with Crippen molar-refractivity contribution in [3.8, 4) is 0 Å². The number of thiazole rings is 1. The van der Waals surface area contributed by atoms with Crippen LogP contribution < -0.4 is 10.6 Å². The number of amides is 2. The van der Waals surface area contributed by atoms with E-state index in [0.717, 1.165) is 0 Å². The molecule has 1 aromatic rings. The molecule has 1 unspecified atom stereocenters. The Kier molecular flexibility index (Phi) is 4.10. The van der Waals surface area contributed by atoms with E-state index in [1.54, 1.807) is 5.38 Å². The molecule has 3 N–H and O–H groups in total. The summed E-state index contributed by atoms with van der Waals surface area (Å²) in [5.74, 6) is -1.46. The molecule has 1 fully saturated rings. The van der Waals surface area contributed by atoms with E-state index in [1.165, 1.54) is 11.3 Å². The summed E-state index contributed by atoms with van der Waals surface area (Å²) >= 11 is 1.19. The number of carboxylic acid groups (broad SMARTS) is 1. The molecule has 0 radical (unpaired) electrons. The summed E-state index contributed by atoms with van der Waals surface area (Å²) in [6, 6.07) is 0. The topological polar surface area (TPSA) is 108 Å². The van der Waals surface area contributed by atoms with Crippen LogP contribution in [-0.2, 0) is 20.8 Å². The number of carboxylic acids is 1. The van der Waals surface area contributed by atoms with Crippen molar-refractivity contribution in [3.63, 3.8) is 0 Å². The molecular weight excluding hydrogens is 270 g/mol. The van der Waals surface area contributed by atoms with E-state index in [0.29, 0.717) is 30.2 Å². The third-order valence-corrected chi connectivity index (χ3v) is 3.56. The molecule has 1 aliphatic heterocycles. The first-order chi connectivity index (χ1) is 9.04. The summed E-state index contributed by atoms with van der Waals surface area (Å²) in [6.45, 7) is 0.331. The van der Waals surface area contributed by atoms with Crippen LogP contribution in [0.25, 0.3) is 0 Å². The van der Waals surface area contributed by atoms with Crippen LogP contribution in [0.3, 0.4) is 0 Å². The first-order valence-electron chi connectivity index (χ1n) is 5.78. The summed E-state index contributed by atoms with van der Waals surface area (Å²) in [7, 11) is 0. The number of carbonyl (C=O) groups excluding carboxylic acids is 2. The summed E-state index contributed by atoms with van der Waals surface area (Å²) in [4.78, 5) is 37.4. The molecule has 2 heterocycles. The van der Waals surface area contributed by atoms with Gasteiger partial charge in [-0.2, -0.15) is 0 Å². The Balaban J connectivity index is 1.89. The minimum absolute atomic E-state index is 0.0398. The molecular formula is C11H13N3O4S. The van der Waals surface area contributed by atoms with Crippen LogP contribution in [0.1, 0.15) is 18.5 Å². The van der Waals surface area contributed by atoms with Gasteiger partial charge in [0.2, 0.25) is 11.8 Å². The molecule has 19 heavy (non-hydrogen) atoms. The van der Waals surface area contributed by atoms with Gasteiger partial charge in [0.1, 0.15) is 0 Å². The molecule has 0 spiro atoms. The smallest absolute Gasteiger partial charge is 0.309 e. The number of rotatable bonds is 4.